The second-order valence-electron chi connectivity index (χ2n) is 5.86. The Morgan fingerprint density at radius 3 is 2.67 bits per heavy atom. The molecule has 1 aromatic carbocycles. The van der Waals surface area contributed by atoms with E-state index in [1.165, 1.54) is 0 Å². The average Bonchev–Trinajstić information content (AvgIpc) is 3.19. The highest BCUT2D eigenvalue weighted by atomic mass is 16.2. The van der Waals surface area contributed by atoms with Crippen molar-refractivity contribution in [3.05, 3.63) is 65.5 Å². The number of nitrogens with zero attached hydrogens (tertiary/aromatic N) is 4. The number of amides is 1. The van der Waals surface area contributed by atoms with Crippen LogP contribution < -0.4 is 0 Å². The van der Waals surface area contributed by atoms with Crippen molar-refractivity contribution in [2.75, 3.05) is 7.05 Å². The second kappa shape index (κ2) is 6.70. The summed E-state index contributed by atoms with van der Waals surface area (Å²) >= 11 is 0. The van der Waals surface area contributed by atoms with Crippen molar-refractivity contribution in [2.24, 2.45) is 0 Å². The van der Waals surface area contributed by atoms with E-state index in [1.807, 2.05) is 48.9 Å². The first-order valence-electron chi connectivity index (χ1n) is 7.89. The quantitative estimate of drug-likeness (QED) is 0.784. The molecule has 0 radical (unpaired) electrons. The Hall–Kier alpha value is -2.89. The Morgan fingerprint density at radius 2 is 2.00 bits per heavy atom. The number of carbonyl (C=O) groups is 1. The number of hydrogen-bond acceptors (Lipinski definition) is 3. The summed E-state index contributed by atoms with van der Waals surface area (Å²) in [7, 11) is 1.79. The van der Waals surface area contributed by atoms with Crippen LogP contribution >= 0.6 is 0 Å². The highest BCUT2D eigenvalue weighted by Crippen LogP contribution is 2.19. The molecular formula is C18H21N5O. The van der Waals surface area contributed by atoms with E-state index in [4.69, 9.17) is 0 Å². The van der Waals surface area contributed by atoms with Crippen LogP contribution in [-0.2, 0) is 17.8 Å². The lowest BCUT2D eigenvalue weighted by molar-refractivity contribution is -0.129. The molecule has 2 heterocycles. The van der Waals surface area contributed by atoms with Crippen molar-refractivity contribution in [3.63, 3.8) is 0 Å². The van der Waals surface area contributed by atoms with Crippen LogP contribution in [0.2, 0.25) is 0 Å². The number of aryl methyl sites for hydroxylation is 1. The van der Waals surface area contributed by atoms with Crippen LogP contribution in [0.1, 0.15) is 22.8 Å². The number of aromatic amines is 1. The summed E-state index contributed by atoms with van der Waals surface area (Å²) < 4.78 is 1.89. The number of rotatable bonds is 5. The minimum absolute atomic E-state index is 0.0465. The molecule has 6 heteroatoms. The number of aromatic nitrogens is 4. The molecular weight excluding hydrogens is 302 g/mol. The van der Waals surface area contributed by atoms with Gasteiger partial charge in [0.05, 0.1) is 24.3 Å². The van der Waals surface area contributed by atoms with Gasteiger partial charge in [-0.3, -0.25) is 4.79 Å². The fraction of sp³-hybridized carbons (Fsp3) is 0.278. The van der Waals surface area contributed by atoms with E-state index in [9.17, 15) is 4.79 Å². The number of carbonyl (C=O) groups excluding carboxylic acids is 1. The van der Waals surface area contributed by atoms with Crippen LogP contribution in [0.3, 0.4) is 0 Å². The molecule has 24 heavy (non-hydrogen) atoms. The summed E-state index contributed by atoms with van der Waals surface area (Å²) in [5, 5.41) is 4.60. The van der Waals surface area contributed by atoms with Crippen LogP contribution in [0.5, 0.6) is 0 Å². The van der Waals surface area contributed by atoms with E-state index >= 15 is 0 Å². The first-order chi connectivity index (χ1) is 11.6. The van der Waals surface area contributed by atoms with Crippen LogP contribution in [0.15, 0.2) is 42.7 Å². The SMILES string of the molecule is Cc1nn(-c2ccccc2)c(C)c1CC(=O)N(C)Cc1ncc[nH]1. The molecule has 1 N–H and O–H groups in total. The Balaban J connectivity index is 1.78. The van der Waals surface area contributed by atoms with E-state index in [1.54, 1.807) is 24.3 Å². The molecule has 0 aliphatic carbocycles. The summed E-state index contributed by atoms with van der Waals surface area (Å²) in [5.41, 5.74) is 3.87. The third kappa shape index (κ3) is 3.22. The fourth-order valence-corrected chi connectivity index (χ4v) is 2.73. The molecule has 2 aromatic heterocycles. The summed E-state index contributed by atoms with van der Waals surface area (Å²) in [6, 6.07) is 9.95. The normalized spacial score (nSPS) is 10.8. The molecule has 0 unspecified atom stereocenters. The average molecular weight is 323 g/mol. The third-order valence-electron chi connectivity index (χ3n) is 4.14. The van der Waals surface area contributed by atoms with Gasteiger partial charge in [-0.15, -0.1) is 0 Å². The maximum Gasteiger partial charge on any atom is 0.227 e. The number of likely N-dealkylation sites (N-methyl/N-ethyl adjacent to an activating group) is 1. The van der Waals surface area contributed by atoms with Crippen molar-refractivity contribution in [3.8, 4) is 5.69 Å². The maximum atomic E-state index is 12.5. The van der Waals surface area contributed by atoms with E-state index < -0.39 is 0 Å². The van der Waals surface area contributed by atoms with Gasteiger partial charge in [0.2, 0.25) is 5.91 Å². The Bertz CT molecular complexity index is 821. The summed E-state index contributed by atoms with van der Waals surface area (Å²) in [6.07, 6.45) is 3.78. The monoisotopic (exact) mass is 323 g/mol. The Labute approximate surface area is 141 Å². The Morgan fingerprint density at radius 1 is 1.25 bits per heavy atom. The predicted octanol–water partition coefficient (Wildman–Crippen LogP) is 2.41. The lowest BCUT2D eigenvalue weighted by atomic mass is 10.1. The minimum Gasteiger partial charge on any atom is -0.347 e. The van der Waals surface area contributed by atoms with Gasteiger partial charge in [-0.05, 0) is 26.0 Å². The molecule has 0 atom stereocenters. The number of nitrogens with one attached hydrogen (secondary N) is 1. The molecule has 0 bridgehead atoms. The van der Waals surface area contributed by atoms with Crippen molar-refractivity contribution in [2.45, 2.75) is 26.8 Å². The summed E-state index contributed by atoms with van der Waals surface area (Å²) in [4.78, 5) is 21.4. The maximum absolute atomic E-state index is 12.5. The summed E-state index contributed by atoms with van der Waals surface area (Å²) in [6.45, 7) is 4.42. The van der Waals surface area contributed by atoms with E-state index in [0.717, 1.165) is 28.5 Å². The highest BCUT2D eigenvalue weighted by Gasteiger charge is 2.18. The fourth-order valence-electron chi connectivity index (χ4n) is 2.73. The van der Waals surface area contributed by atoms with Gasteiger partial charge in [-0.2, -0.15) is 5.10 Å². The third-order valence-corrected chi connectivity index (χ3v) is 4.14. The molecule has 0 spiro atoms. The standard InChI is InChI=1S/C18H21N5O/c1-13-16(11-18(24)22(3)12-17-19-9-10-20-17)14(2)23(21-13)15-7-5-4-6-8-15/h4-10H,11-12H2,1-3H3,(H,19,20). The molecule has 3 rings (SSSR count). The van der Waals surface area contributed by atoms with Gasteiger partial charge in [0.1, 0.15) is 5.82 Å². The van der Waals surface area contributed by atoms with Crippen LogP contribution in [0, 0.1) is 13.8 Å². The van der Waals surface area contributed by atoms with Gasteiger partial charge in [-0.1, -0.05) is 18.2 Å². The highest BCUT2D eigenvalue weighted by molar-refractivity contribution is 5.79. The summed E-state index contributed by atoms with van der Waals surface area (Å²) in [5.74, 6) is 0.824. The largest absolute Gasteiger partial charge is 0.347 e. The van der Waals surface area contributed by atoms with Crippen molar-refractivity contribution < 1.29 is 4.79 Å². The van der Waals surface area contributed by atoms with Gasteiger partial charge in [-0.25, -0.2) is 9.67 Å². The number of hydrogen-bond donors (Lipinski definition) is 1. The van der Waals surface area contributed by atoms with Crippen molar-refractivity contribution >= 4 is 5.91 Å². The molecule has 0 aliphatic rings. The smallest absolute Gasteiger partial charge is 0.227 e. The molecule has 1 amide bonds. The number of benzene rings is 1. The molecule has 124 valence electrons. The predicted molar refractivity (Wildman–Crippen MR) is 91.8 cm³/mol. The molecule has 0 fully saturated rings. The van der Waals surface area contributed by atoms with Crippen LogP contribution in [0.25, 0.3) is 5.69 Å². The van der Waals surface area contributed by atoms with E-state index in [0.29, 0.717) is 13.0 Å². The number of imidazole rings is 1. The van der Waals surface area contributed by atoms with Gasteiger partial charge in [0, 0.05) is 30.7 Å². The molecule has 6 nitrogen and oxygen atoms in total. The first kappa shape index (κ1) is 16.0. The Kier molecular flexibility index (Phi) is 4.46. The van der Waals surface area contributed by atoms with Crippen molar-refractivity contribution in [1.82, 2.24) is 24.6 Å². The van der Waals surface area contributed by atoms with Gasteiger partial charge < -0.3 is 9.88 Å². The van der Waals surface area contributed by atoms with Gasteiger partial charge in [0.15, 0.2) is 0 Å². The zero-order valence-corrected chi connectivity index (χ0v) is 14.2. The van der Waals surface area contributed by atoms with Gasteiger partial charge in [0.25, 0.3) is 0 Å². The van der Waals surface area contributed by atoms with Crippen LogP contribution in [0.4, 0.5) is 0 Å². The number of para-hydroxylation sites is 1. The molecule has 3 aromatic rings. The topological polar surface area (TPSA) is 66.8 Å². The van der Waals surface area contributed by atoms with E-state index in [2.05, 4.69) is 15.1 Å². The van der Waals surface area contributed by atoms with E-state index in [-0.39, 0.29) is 5.91 Å². The van der Waals surface area contributed by atoms with Crippen molar-refractivity contribution in [1.29, 1.82) is 0 Å². The molecule has 0 aliphatic heterocycles. The zero-order chi connectivity index (χ0) is 17.1. The molecule has 0 saturated carbocycles. The zero-order valence-electron chi connectivity index (χ0n) is 14.2. The second-order valence-corrected chi connectivity index (χ2v) is 5.86. The molecule has 0 saturated heterocycles. The lowest BCUT2D eigenvalue weighted by Gasteiger charge is -2.16. The first-order valence-corrected chi connectivity index (χ1v) is 7.89. The number of H-pyrrole nitrogens is 1. The minimum atomic E-state index is 0.0465. The van der Waals surface area contributed by atoms with Gasteiger partial charge >= 0.3 is 0 Å². The van der Waals surface area contributed by atoms with Crippen LogP contribution in [-0.4, -0.2) is 37.6 Å². The lowest BCUT2D eigenvalue weighted by Crippen LogP contribution is -2.28.